The van der Waals surface area contributed by atoms with Gasteiger partial charge in [0.1, 0.15) is 5.92 Å². The van der Waals surface area contributed by atoms with Gasteiger partial charge in [0.15, 0.2) is 0 Å². The molecule has 0 spiro atoms. The van der Waals surface area contributed by atoms with Crippen LogP contribution in [0.4, 0.5) is 0 Å². The quantitative estimate of drug-likeness (QED) is 0.495. The largest absolute Gasteiger partial charge is 0.264 e. The van der Waals surface area contributed by atoms with E-state index in [1.54, 1.807) is 0 Å². The fourth-order valence-electron chi connectivity index (χ4n) is 1.99. The Labute approximate surface area is 77.7 Å². The molecule has 0 aromatic carbocycles. The Morgan fingerprint density at radius 2 is 2.08 bits per heavy atom. The highest BCUT2D eigenvalue weighted by atomic mass is 16.6. The van der Waals surface area contributed by atoms with E-state index in [0.717, 1.165) is 25.7 Å². The Balaban J connectivity index is 2.45. The van der Waals surface area contributed by atoms with Crippen molar-refractivity contribution in [3.05, 3.63) is 10.1 Å². The molecule has 0 aliphatic heterocycles. The fraction of sp³-hybridized carbons (Fsp3) is 0.889. The molecule has 1 unspecified atom stereocenters. The molecule has 0 aromatic rings. The molecule has 1 aliphatic rings. The third-order valence-corrected chi connectivity index (χ3v) is 2.73. The molecule has 0 radical (unpaired) electrons. The van der Waals surface area contributed by atoms with Crippen molar-refractivity contribution < 1.29 is 4.92 Å². The molecule has 0 aromatic heterocycles. The molecule has 0 heterocycles. The molecule has 1 aliphatic carbocycles. The lowest BCUT2D eigenvalue weighted by atomic mass is 9.81. The summed E-state index contributed by atoms with van der Waals surface area (Å²) in [6.07, 6.45) is 5.45. The number of rotatable bonds is 3. The zero-order valence-corrected chi connectivity index (χ0v) is 7.61. The number of hydrogen-bond acceptors (Lipinski definition) is 3. The number of hydrogen-bond donors (Lipinski definition) is 0. The molecular formula is C9H14N2O2. The molecule has 72 valence electrons. The first kappa shape index (κ1) is 9.97. The molecule has 0 amide bonds. The van der Waals surface area contributed by atoms with Gasteiger partial charge in [-0.25, -0.2) is 0 Å². The highest BCUT2D eigenvalue weighted by Gasteiger charge is 2.27. The predicted octanol–water partition coefficient (Wildman–Crippen LogP) is 1.98. The summed E-state index contributed by atoms with van der Waals surface area (Å²) in [5, 5.41) is 19.0. The summed E-state index contributed by atoms with van der Waals surface area (Å²) in [6.45, 7) is -0.179. The molecule has 1 fully saturated rings. The van der Waals surface area contributed by atoms with Crippen LogP contribution in [0.15, 0.2) is 0 Å². The van der Waals surface area contributed by atoms with E-state index >= 15 is 0 Å². The van der Waals surface area contributed by atoms with Gasteiger partial charge in [-0.05, 0) is 18.8 Å². The Bertz CT molecular complexity index is 216. The summed E-state index contributed by atoms with van der Waals surface area (Å²) in [5.41, 5.74) is 0. The van der Waals surface area contributed by atoms with Gasteiger partial charge in [0.25, 0.3) is 0 Å². The van der Waals surface area contributed by atoms with Crippen LogP contribution in [-0.4, -0.2) is 11.5 Å². The van der Waals surface area contributed by atoms with Crippen molar-refractivity contribution in [2.75, 3.05) is 6.54 Å². The van der Waals surface area contributed by atoms with Crippen LogP contribution >= 0.6 is 0 Å². The number of nitrogens with zero attached hydrogens (tertiary/aromatic N) is 2. The van der Waals surface area contributed by atoms with Gasteiger partial charge >= 0.3 is 0 Å². The summed E-state index contributed by atoms with van der Waals surface area (Å²) in [6, 6.07) is 2.06. The summed E-state index contributed by atoms with van der Waals surface area (Å²) in [7, 11) is 0. The second-order valence-corrected chi connectivity index (χ2v) is 3.65. The summed E-state index contributed by atoms with van der Waals surface area (Å²) >= 11 is 0. The van der Waals surface area contributed by atoms with Crippen LogP contribution in [0.2, 0.25) is 0 Å². The smallest absolute Gasteiger partial charge is 0.219 e. The lowest BCUT2D eigenvalue weighted by molar-refractivity contribution is -0.487. The van der Waals surface area contributed by atoms with Gasteiger partial charge in [0.05, 0.1) is 6.07 Å². The summed E-state index contributed by atoms with van der Waals surface area (Å²) in [5.74, 6) is -0.0977. The second-order valence-electron chi connectivity index (χ2n) is 3.65. The van der Waals surface area contributed by atoms with Crippen molar-refractivity contribution in [3.8, 4) is 6.07 Å². The van der Waals surface area contributed by atoms with Crippen molar-refractivity contribution in [2.24, 2.45) is 11.8 Å². The van der Waals surface area contributed by atoms with Gasteiger partial charge < -0.3 is 0 Å². The molecule has 1 rings (SSSR count). The highest BCUT2D eigenvalue weighted by Crippen LogP contribution is 2.29. The van der Waals surface area contributed by atoms with E-state index in [2.05, 4.69) is 6.07 Å². The Hall–Kier alpha value is -1.11. The molecular weight excluding hydrogens is 168 g/mol. The molecule has 1 saturated carbocycles. The molecule has 0 saturated heterocycles. The van der Waals surface area contributed by atoms with Crippen LogP contribution < -0.4 is 0 Å². The maximum atomic E-state index is 10.3. The molecule has 0 bridgehead atoms. The van der Waals surface area contributed by atoms with E-state index in [-0.39, 0.29) is 23.3 Å². The number of nitriles is 1. The molecule has 13 heavy (non-hydrogen) atoms. The maximum absolute atomic E-state index is 10.3. The Morgan fingerprint density at radius 1 is 1.46 bits per heavy atom. The van der Waals surface area contributed by atoms with E-state index in [1.807, 2.05) is 0 Å². The van der Waals surface area contributed by atoms with E-state index in [9.17, 15) is 10.1 Å². The fourth-order valence-corrected chi connectivity index (χ4v) is 1.99. The SMILES string of the molecule is N#CC(C[N+](=O)[O-])C1CCCCC1. The lowest BCUT2D eigenvalue weighted by Crippen LogP contribution is -2.23. The van der Waals surface area contributed by atoms with Gasteiger partial charge in [-0.3, -0.25) is 10.1 Å². The third-order valence-electron chi connectivity index (χ3n) is 2.73. The van der Waals surface area contributed by atoms with Gasteiger partial charge in [-0.15, -0.1) is 0 Å². The zero-order chi connectivity index (χ0) is 9.68. The van der Waals surface area contributed by atoms with Crippen molar-refractivity contribution in [1.82, 2.24) is 0 Å². The summed E-state index contributed by atoms with van der Waals surface area (Å²) < 4.78 is 0. The van der Waals surface area contributed by atoms with E-state index < -0.39 is 0 Å². The highest BCUT2D eigenvalue weighted by molar-refractivity contribution is 4.88. The first-order valence-electron chi connectivity index (χ1n) is 4.75. The van der Waals surface area contributed by atoms with Crippen LogP contribution in [0.3, 0.4) is 0 Å². The second kappa shape index (κ2) is 4.80. The van der Waals surface area contributed by atoms with Crippen LogP contribution in [0, 0.1) is 33.3 Å². The van der Waals surface area contributed by atoms with Gasteiger partial charge in [-0.1, -0.05) is 19.3 Å². The Kier molecular flexibility index (Phi) is 3.69. The van der Waals surface area contributed by atoms with Crippen molar-refractivity contribution in [3.63, 3.8) is 0 Å². The van der Waals surface area contributed by atoms with Gasteiger partial charge in [-0.2, -0.15) is 5.26 Å². The molecule has 1 atom stereocenters. The van der Waals surface area contributed by atoms with Crippen molar-refractivity contribution in [1.29, 1.82) is 5.26 Å². The average molecular weight is 182 g/mol. The maximum Gasteiger partial charge on any atom is 0.219 e. The van der Waals surface area contributed by atoms with E-state index in [0.29, 0.717) is 0 Å². The van der Waals surface area contributed by atoms with Gasteiger partial charge in [0, 0.05) is 4.92 Å². The molecule has 0 N–H and O–H groups in total. The lowest BCUT2D eigenvalue weighted by Gasteiger charge is -2.23. The van der Waals surface area contributed by atoms with E-state index in [1.165, 1.54) is 6.42 Å². The predicted molar refractivity (Wildman–Crippen MR) is 47.5 cm³/mol. The first-order chi connectivity index (χ1) is 6.24. The Morgan fingerprint density at radius 3 is 2.54 bits per heavy atom. The van der Waals surface area contributed by atoms with Crippen LogP contribution in [0.25, 0.3) is 0 Å². The topological polar surface area (TPSA) is 66.9 Å². The minimum absolute atomic E-state index is 0.179. The summed E-state index contributed by atoms with van der Waals surface area (Å²) in [4.78, 5) is 9.89. The molecule has 4 heteroatoms. The molecule has 4 nitrogen and oxygen atoms in total. The van der Waals surface area contributed by atoms with Crippen LogP contribution in [0.1, 0.15) is 32.1 Å². The van der Waals surface area contributed by atoms with E-state index in [4.69, 9.17) is 5.26 Å². The minimum atomic E-state index is -0.373. The third kappa shape index (κ3) is 3.02. The first-order valence-corrected chi connectivity index (χ1v) is 4.75. The normalized spacial score (nSPS) is 20.5. The van der Waals surface area contributed by atoms with Crippen molar-refractivity contribution in [2.45, 2.75) is 32.1 Å². The van der Waals surface area contributed by atoms with Crippen molar-refractivity contribution >= 4 is 0 Å². The van der Waals surface area contributed by atoms with Crippen LogP contribution in [-0.2, 0) is 0 Å². The number of nitro groups is 1. The van der Waals surface area contributed by atoms with Crippen LogP contribution in [0.5, 0.6) is 0 Å². The average Bonchev–Trinajstić information content (AvgIpc) is 2.15. The monoisotopic (exact) mass is 182 g/mol. The standard InChI is InChI=1S/C9H14N2O2/c10-6-9(7-11(12)13)8-4-2-1-3-5-8/h8-9H,1-5,7H2. The zero-order valence-electron chi connectivity index (χ0n) is 7.61. The minimum Gasteiger partial charge on any atom is -0.264 e. The van der Waals surface area contributed by atoms with Gasteiger partial charge in [0.2, 0.25) is 6.54 Å².